The topological polar surface area (TPSA) is 43.5 Å². The van der Waals surface area contributed by atoms with E-state index >= 15 is 0 Å². The minimum absolute atomic E-state index is 0.0972. The van der Waals surface area contributed by atoms with Gasteiger partial charge in [-0.3, -0.25) is 4.79 Å². The van der Waals surface area contributed by atoms with E-state index in [4.69, 9.17) is 5.11 Å². The molecule has 2 unspecified atom stereocenters. The number of carboxylic acid groups (broad SMARTS) is 1. The molecule has 0 amide bonds. The summed E-state index contributed by atoms with van der Waals surface area (Å²) in [6, 6.07) is 17.5. The van der Waals surface area contributed by atoms with Crippen molar-refractivity contribution in [1.29, 1.82) is 0 Å². The maximum atomic E-state index is 11.1. The van der Waals surface area contributed by atoms with Gasteiger partial charge in [-0.1, -0.05) is 61.2 Å². The third-order valence-corrected chi connectivity index (χ3v) is 7.26. The number of para-hydroxylation sites is 2. The van der Waals surface area contributed by atoms with Crippen molar-refractivity contribution in [3.63, 3.8) is 0 Å². The number of fused-ring (bicyclic) bond motifs is 2. The van der Waals surface area contributed by atoms with Gasteiger partial charge in [-0.25, -0.2) is 4.58 Å². The standard InChI is InChI=1S/C30H34N2O2/c1-6-7-8-19-26-28(29-30(3,4)23-16-10-12-18-25(23)31(29)5)22-15-9-11-17-24(22)32(26)21(2)14-13-20-27(33)34/h6-12,15-19,21,28H,1,13-14,20H2,2-5H3/p+1/b8-7+,26-19+. The van der Waals surface area contributed by atoms with Gasteiger partial charge in [0.25, 0.3) is 0 Å². The second-order valence-corrected chi connectivity index (χ2v) is 9.80. The molecule has 4 heteroatoms. The summed E-state index contributed by atoms with van der Waals surface area (Å²) in [6.07, 6.45) is 9.69. The van der Waals surface area contributed by atoms with Crippen molar-refractivity contribution in [2.45, 2.75) is 57.4 Å². The van der Waals surface area contributed by atoms with Gasteiger partial charge in [0.05, 0.1) is 5.41 Å². The highest BCUT2D eigenvalue weighted by molar-refractivity contribution is 6.04. The number of rotatable bonds is 8. The van der Waals surface area contributed by atoms with E-state index in [1.807, 2.05) is 6.08 Å². The molecule has 0 bridgehead atoms. The molecule has 0 spiro atoms. The minimum Gasteiger partial charge on any atom is -0.481 e. The van der Waals surface area contributed by atoms with Crippen molar-refractivity contribution in [2.24, 2.45) is 0 Å². The van der Waals surface area contributed by atoms with E-state index in [-0.39, 0.29) is 23.8 Å². The highest BCUT2D eigenvalue weighted by Crippen LogP contribution is 2.52. The predicted octanol–water partition coefficient (Wildman–Crippen LogP) is 6.57. The lowest BCUT2D eigenvalue weighted by atomic mass is 9.74. The molecule has 2 aromatic rings. The van der Waals surface area contributed by atoms with Crippen LogP contribution in [0, 0.1) is 0 Å². The van der Waals surface area contributed by atoms with Gasteiger partial charge in [0.15, 0.2) is 5.71 Å². The molecule has 2 heterocycles. The van der Waals surface area contributed by atoms with Gasteiger partial charge in [0, 0.05) is 35.5 Å². The molecule has 2 aliphatic heterocycles. The van der Waals surface area contributed by atoms with Crippen molar-refractivity contribution in [3.05, 3.63) is 96.2 Å². The van der Waals surface area contributed by atoms with E-state index in [1.54, 1.807) is 6.08 Å². The lowest BCUT2D eigenvalue weighted by Crippen LogP contribution is -2.37. The maximum absolute atomic E-state index is 11.1. The highest BCUT2D eigenvalue weighted by atomic mass is 16.4. The number of allylic oxidation sites excluding steroid dienone is 5. The Kier molecular flexibility index (Phi) is 6.60. The zero-order valence-corrected chi connectivity index (χ0v) is 20.7. The van der Waals surface area contributed by atoms with Crippen LogP contribution in [0.25, 0.3) is 0 Å². The van der Waals surface area contributed by atoms with Crippen LogP contribution in [0.2, 0.25) is 0 Å². The molecule has 1 N–H and O–H groups in total. The maximum Gasteiger partial charge on any atom is 0.303 e. The molecule has 0 saturated heterocycles. The van der Waals surface area contributed by atoms with Crippen molar-refractivity contribution < 1.29 is 14.5 Å². The Hall–Kier alpha value is -3.40. The van der Waals surface area contributed by atoms with Crippen LogP contribution in [0.15, 0.2) is 85.1 Å². The summed E-state index contributed by atoms with van der Waals surface area (Å²) in [6.45, 7) is 10.7. The summed E-state index contributed by atoms with van der Waals surface area (Å²) in [5, 5.41) is 9.15. The first-order valence-electron chi connectivity index (χ1n) is 12.1. The fourth-order valence-corrected chi connectivity index (χ4v) is 5.79. The molecule has 0 saturated carbocycles. The first kappa shape index (κ1) is 23.7. The number of anilines is 1. The molecule has 0 fully saturated rings. The molecule has 4 rings (SSSR count). The Morgan fingerprint density at radius 2 is 1.88 bits per heavy atom. The summed E-state index contributed by atoms with van der Waals surface area (Å²) < 4.78 is 2.38. The van der Waals surface area contributed by atoms with Crippen molar-refractivity contribution in [3.8, 4) is 0 Å². The Morgan fingerprint density at radius 1 is 1.18 bits per heavy atom. The second-order valence-electron chi connectivity index (χ2n) is 9.80. The number of carbonyl (C=O) groups is 1. The number of hydrogen-bond donors (Lipinski definition) is 1. The normalized spacial score (nSPS) is 20.6. The summed E-state index contributed by atoms with van der Waals surface area (Å²) in [5.74, 6) is -0.640. The fourth-order valence-electron chi connectivity index (χ4n) is 5.79. The van der Waals surface area contributed by atoms with Crippen LogP contribution in [0.5, 0.6) is 0 Å². The van der Waals surface area contributed by atoms with Crippen LogP contribution >= 0.6 is 0 Å². The number of hydrogen-bond acceptors (Lipinski definition) is 2. The van der Waals surface area contributed by atoms with Crippen LogP contribution in [0.1, 0.15) is 57.1 Å². The fraction of sp³-hybridized carbons (Fsp3) is 0.333. The Bertz CT molecular complexity index is 1200. The monoisotopic (exact) mass is 455 g/mol. The minimum atomic E-state index is -0.737. The second kappa shape index (κ2) is 9.46. The van der Waals surface area contributed by atoms with E-state index in [1.165, 1.54) is 33.9 Å². The predicted molar refractivity (Wildman–Crippen MR) is 140 cm³/mol. The lowest BCUT2D eigenvalue weighted by molar-refractivity contribution is -0.404. The molecule has 2 aromatic carbocycles. The molecular formula is C30H35N2O2+. The molecule has 2 atom stereocenters. The molecule has 34 heavy (non-hydrogen) atoms. The molecule has 0 aliphatic carbocycles. The largest absolute Gasteiger partial charge is 0.481 e. The van der Waals surface area contributed by atoms with Crippen LogP contribution < -0.4 is 4.90 Å². The summed E-state index contributed by atoms with van der Waals surface area (Å²) in [5.41, 5.74) is 7.57. The zero-order valence-electron chi connectivity index (χ0n) is 20.7. The average molecular weight is 456 g/mol. The van der Waals surface area contributed by atoms with Gasteiger partial charge in [-0.2, -0.15) is 0 Å². The van der Waals surface area contributed by atoms with Crippen molar-refractivity contribution in [1.82, 2.24) is 0 Å². The van der Waals surface area contributed by atoms with Gasteiger partial charge >= 0.3 is 5.97 Å². The van der Waals surface area contributed by atoms with E-state index in [0.29, 0.717) is 6.42 Å². The third kappa shape index (κ3) is 4.02. The zero-order chi connectivity index (χ0) is 24.5. The van der Waals surface area contributed by atoms with Gasteiger partial charge in [-0.05, 0) is 51.3 Å². The van der Waals surface area contributed by atoms with Crippen LogP contribution in [0.3, 0.4) is 0 Å². The number of carboxylic acids is 1. The Balaban J connectivity index is 1.86. The van der Waals surface area contributed by atoms with E-state index in [0.717, 1.165) is 6.42 Å². The lowest BCUT2D eigenvalue weighted by Gasteiger charge is -2.31. The number of benzene rings is 2. The Labute approximate surface area is 203 Å². The summed E-state index contributed by atoms with van der Waals surface area (Å²) in [7, 11) is 2.18. The molecule has 176 valence electrons. The van der Waals surface area contributed by atoms with Crippen LogP contribution in [-0.2, 0) is 10.2 Å². The van der Waals surface area contributed by atoms with Crippen LogP contribution in [-0.4, -0.2) is 34.5 Å². The van der Waals surface area contributed by atoms with Crippen molar-refractivity contribution in [2.75, 3.05) is 11.9 Å². The third-order valence-electron chi connectivity index (χ3n) is 7.26. The van der Waals surface area contributed by atoms with Gasteiger partial charge in [0.1, 0.15) is 13.0 Å². The molecule has 0 radical (unpaired) electrons. The van der Waals surface area contributed by atoms with E-state index < -0.39 is 5.97 Å². The van der Waals surface area contributed by atoms with Crippen LogP contribution in [0.4, 0.5) is 11.4 Å². The summed E-state index contributed by atoms with van der Waals surface area (Å²) in [4.78, 5) is 13.6. The molecule has 4 nitrogen and oxygen atoms in total. The smallest absolute Gasteiger partial charge is 0.303 e. The van der Waals surface area contributed by atoms with Gasteiger partial charge < -0.3 is 10.0 Å². The number of nitrogens with zero attached hydrogens (tertiary/aromatic N) is 2. The first-order valence-corrected chi connectivity index (χ1v) is 12.1. The molecule has 2 aliphatic rings. The van der Waals surface area contributed by atoms with E-state index in [9.17, 15) is 4.79 Å². The first-order chi connectivity index (χ1) is 16.3. The van der Waals surface area contributed by atoms with Gasteiger partial charge in [0.2, 0.25) is 5.69 Å². The molecule has 0 aromatic heterocycles. The Morgan fingerprint density at radius 3 is 2.59 bits per heavy atom. The summed E-state index contributed by atoms with van der Waals surface area (Å²) >= 11 is 0. The van der Waals surface area contributed by atoms with Gasteiger partial charge in [-0.15, -0.1) is 0 Å². The van der Waals surface area contributed by atoms with E-state index in [2.05, 4.69) is 105 Å². The number of aliphatic carboxylic acids is 1. The van der Waals surface area contributed by atoms with Crippen molar-refractivity contribution >= 4 is 23.1 Å². The average Bonchev–Trinajstić information content (AvgIpc) is 3.22. The SMILES string of the molecule is C=C/C=C/C=C1\C(C2=[N+](C)c3ccccc3C2(C)C)c2ccccc2N1C(C)CCCC(=O)O. The molecular weight excluding hydrogens is 420 g/mol. The highest BCUT2D eigenvalue weighted by Gasteiger charge is 2.52. The quantitative estimate of drug-likeness (QED) is 0.362.